The van der Waals surface area contributed by atoms with Gasteiger partial charge in [-0.05, 0) is 35.2 Å². The quantitative estimate of drug-likeness (QED) is 0.267. The molecule has 2 heterocycles. The number of halogens is 5. The van der Waals surface area contributed by atoms with Gasteiger partial charge in [0.2, 0.25) is 11.6 Å². The van der Waals surface area contributed by atoms with Crippen molar-refractivity contribution in [3.05, 3.63) is 64.5 Å². The summed E-state index contributed by atoms with van der Waals surface area (Å²) in [7, 11) is 0. The summed E-state index contributed by atoms with van der Waals surface area (Å²) in [4.78, 5) is 9.94. The van der Waals surface area contributed by atoms with Crippen LogP contribution in [0.15, 0.2) is 48.8 Å². The molecule has 0 fully saturated rings. The molecule has 33 heavy (non-hydrogen) atoms. The van der Waals surface area contributed by atoms with Gasteiger partial charge < -0.3 is 9.47 Å². The Morgan fingerprint density at radius 3 is 2.30 bits per heavy atom. The Balaban J connectivity index is 1.95. The molecule has 0 radical (unpaired) electrons. The van der Waals surface area contributed by atoms with E-state index in [1.165, 1.54) is 17.7 Å². The fraction of sp³-hybridized carbons (Fsp3) is 0.217. The van der Waals surface area contributed by atoms with E-state index in [1.54, 1.807) is 12.1 Å². The van der Waals surface area contributed by atoms with Crippen LogP contribution in [0.5, 0.6) is 17.4 Å². The number of ether oxygens (including phenoxy) is 2. The lowest BCUT2D eigenvalue weighted by Gasteiger charge is -2.19. The van der Waals surface area contributed by atoms with Crippen molar-refractivity contribution in [1.82, 2.24) is 9.97 Å². The van der Waals surface area contributed by atoms with Gasteiger partial charge in [-0.3, -0.25) is 0 Å². The smallest absolute Gasteiger partial charge is 0.431 e. The molecule has 0 N–H and O–H groups in total. The molecule has 10 heteroatoms. The van der Waals surface area contributed by atoms with Crippen LogP contribution >= 0.6 is 22.9 Å². The minimum absolute atomic E-state index is 0.0891. The third kappa shape index (κ3) is 4.89. The first-order valence-electron chi connectivity index (χ1n) is 9.70. The predicted octanol–water partition coefficient (Wildman–Crippen LogP) is 8.14. The summed E-state index contributed by atoms with van der Waals surface area (Å²) >= 11 is 7.46. The standard InChI is InChI=1S/C23H17ClF4N2O2S/c1-22(2,3)19-16(12-7-9-13(24)10-8-12)17-20(29-11-30-21(17)33-19)31-18-14(25)5-4-6-15(18)32-23(26,27)28/h4-11H,1-3H3. The van der Waals surface area contributed by atoms with Crippen LogP contribution in [0.3, 0.4) is 0 Å². The number of para-hydroxylation sites is 1. The summed E-state index contributed by atoms with van der Waals surface area (Å²) in [6.07, 6.45) is -3.81. The van der Waals surface area contributed by atoms with E-state index in [0.717, 1.165) is 34.2 Å². The highest BCUT2D eigenvalue weighted by molar-refractivity contribution is 7.19. The average molecular weight is 497 g/mol. The van der Waals surface area contributed by atoms with Crippen LogP contribution in [0.4, 0.5) is 17.6 Å². The Morgan fingerprint density at radius 1 is 0.970 bits per heavy atom. The maximum Gasteiger partial charge on any atom is 0.573 e. The maximum atomic E-state index is 14.5. The van der Waals surface area contributed by atoms with Crippen molar-refractivity contribution in [2.45, 2.75) is 32.5 Å². The van der Waals surface area contributed by atoms with E-state index in [1.807, 2.05) is 32.9 Å². The van der Waals surface area contributed by atoms with Gasteiger partial charge in [0.05, 0.1) is 5.39 Å². The van der Waals surface area contributed by atoms with Crippen molar-refractivity contribution in [3.63, 3.8) is 0 Å². The summed E-state index contributed by atoms with van der Waals surface area (Å²) in [5, 5.41) is 1.000. The molecule has 0 aliphatic carbocycles. The summed E-state index contributed by atoms with van der Waals surface area (Å²) in [6, 6.07) is 10.1. The largest absolute Gasteiger partial charge is 0.573 e. The number of rotatable bonds is 4. The number of nitrogens with zero attached hydrogens (tertiary/aromatic N) is 2. The summed E-state index contributed by atoms with van der Waals surface area (Å²) in [6.45, 7) is 6.08. The highest BCUT2D eigenvalue weighted by Gasteiger charge is 2.34. The first-order chi connectivity index (χ1) is 15.4. The van der Waals surface area contributed by atoms with Gasteiger partial charge in [-0.2, -0.15) is 0 Å². The van der Waals surface area contributed by atoms with Crippen LogP contribution in [0.25, 0.3) is 21.3 Å². The Labute approximate surface area is 195 Å². The molecule has 0 atom stereocenters. The van der Waals surface area contributed by atoms with Gasteiger partial charge in [0.15, 0.2) is 11.6 Å². The molecule has 0 bridgehead atoms. The van der Waals surface area contributed by atoms with Crippen molar-refractivity contribution in [2.75, 3.05) is 0 Å². The summed E-state index contributed by atoms with van der Waals surface area (Å²) in [5.74, 6) is -2.65. The number of fused-ring (bicyclic) bond motifs is 1. The Morgan fingerprint density at radius 2 is 1.67 bits per heavy atom. The molecule has 0 aliphatic rings. The van der Waals surface area contributed by atoms with Gasteiger partial charge in [0.25, 0.3) is 0 Å². The van der Waals surface area contributed by atoms with Gasteiger partial charge in [-0.1, -0.05) is 50.6 Å². The lowest BCUT2D eigenvalue weighted by atomic mass is 9.88. The van der Waals surface area contributed by atoms with Crippen molar-refractivity contribution >= 4 is 33.2 Å². The lowest BCUT2D eigenvalue weighted by molar-refractivity contribution is -0.275. The maximum absolute atomic E-state index is 14.5. The van der Waals surface area contributed by atoms with E-state index in [0.29, 0.717) is 15.2 Å². The van der Waals surface area contributed by atoms with E-state index in [9.17, 15) is 17.6 Å². The fourth-order valence-corrected chi connectivity index (χ4v) is 4.63. The molecule has 2 aromatic heterocycles. The molecule has 0 spiro atoms. The van der Waals surface area contributed by atoms with E-state index in [2.05, 4.69) is 14.7 Å². The fourth-order valence-electron chi connectivity index (χ4n) is 3.29. The van der Waals surface area contributed by atoms with Crippen LogP contribution in [-0.2, 0) is 5.41 Å². The topological polar surface area (TPSA) is 44.2 Å². The van der Waals surface area contributed by atoms with Gasteiger partial charge in [-0.25, -0.2) is 14.4 Å². The molecule has 0 unspecified atom stereocenters. The molecule has 0 amide bonds. The molecule has 4 aromatic rings. The Kier molecular flexibility index (Phi) is 5.96. The third-order valence-electron chi connectivity index (χ3n) is 4.62. The van der Waals surface area contributed by atoms with Gasteiger partial charge >= 0.3 is 6.36 Å². The highest BCUT2D eigenvalue weighted by Crippen LogP contribution is 2.48. The van der Waals surface area contributed by atoms with Crippen LogP contribution in [-0.4, -0.2) is 16.3 Å². The zero-order chi connectivity index (χ0) is 24.0. The number of hydrogen-bond acceptors (Lipinski definition) is 5. The minimum Gasteiger partial charge on any atom is -0.431 e. The number of aromatic nitrogens is 2. The van der Waals surface area contributed by atoms with Crippen LogP contribution in [0.2, 0.25) is 5.02 Å². The molecule has 4 rings (SSSR count). The SMILES string of the molecule is CC(C)(C)c1sc2ncnc(Oc3c(F)cccc3OC(F)(F)F)c2c1-c1ccc(Cl)cc1. The molecule has 4 nitrogen and oxygen atoms in total. The zero-order valence-corrected chi connectivity index (χ0v) is 19.2. The predicted molar refractivity (Wildman–Crippen MR) is 120 cm³/mol. The van der Waals surface area contributed by atoms with Crippen LogP contribution < -0.4 is 9.47 Å². The molecule has 0 aliphatic heterocycles. The molecule has 0 saturated heterocycles. The number of alkyl halides is 3. The Bertz CT molecular complexity index is 1320. The van der Waals surface area contributed by atoms with E-state index < -0.39 is 23.7 Å². The van der Waals surface area contributed by atoms with Crippen molar-refractivity contribution < 1.29 is 27.0 Å². The summed E-state index contributed by atoms with van der Waals surface area (Å²) in [5.41, 5.74) is 1.22. The molecule has 172 valence electrons. The molecular formula is C23H17ClF4N2O2S. The number of thiophene rings is 1. The van der Waals surface area contributed by atoms with Crippen LogP contribution in [0.1, 0.15) is 25.6 Å². The second kappa shape index (κ2) is 8.46. The van der Waals surface area contributed by atoms with Crippen molar-refractivity contribution in [3.8, 4) is 28.5 Å². The zero-order valence-electron chi connectivity index (χ0n) is 17.6. The van der Waals surface area contributed by atoms with Gasteiger partial charge in [0, 0.05) is 15.5 Å². The van der Waals surface area contributed by atoms with Crippen molar-refractivity contribution in [2.24, 2.45) is 0 Å². The summed E-state index contributed by atoms with van der Waals surface area (Å²) < 4.78 is 62.7. The second-order valence-electron chi connectivity index (χ2n) is 8.14. The second-order valence-corrected chi connectivity index (χ2v) is 9.57. The molecular weight excluding hydrogens is 480 g/mol. The molecule has 2 aromatic carbocycles. The average Bonchev–Trinajstić information content (AvgIpc) is 3.11. The van der Waals surface area contributed by atoms with Crippen molar-refractivity contribution in [1.29, 1.82) is 0 Å². The normalized spacial score (nSPS) is 12.2. The Hall–Kier alpha value is -2.91. The van der Waals surface area contributed by atoms with Gasteiger partial charge in [0.1, 0.15) is 11.2 Å². The molecule has 0 saturated carbocycles. The highest BCUT2D eigenvalue weighted by atomic mass is 35.5. The van der Waals surface area contributed by atoms with E-state index in [-0.39, 0.29) is 11.3 Å². The number of benzene rings is 2. The first kappa shape index (κ1) is 23.3. The lowest BCUT2D eigenvalue weighted by Crippen LogP contribution is -2.17. The minimum atomic E-state index is -5.02. The van der Waals surface area contributed by atoms with Gasteiger partial charge in [-0.15, -0.1) is 24.5 Å². The number of hydrogen-bond donors (Lipinski definition) is 0. The monoisotopic (exact) mass is 496 g/mol. The van der Waals surface area contributed by atoms with E-state index in [4.69, 9.17) is 16.3 Å². The van der Waals surface area contributed by atoms with Crippen LogP contribution in [0, 0.1) is 5.82 Å². The third-order valence-corrected chi connectivity index (χ3v) is 6.40. The first-order valence-corrected chi connectivity index (χ1v) is 10.9. The van der Waals surface area contributed by atoms with E-state index >= 15 is 0 Å².